The number of hydrazone groups is 1. The Labute approximate surface area is 121 Å². The van der Waals surface area contributed by atoms with Crippen LogP contribution < -0.4 is 5.43 Å². The summed E-state index contributed by atoms with van der Waals surface area (Å²) in [6.07, 6.45) is 8.57. The summed E-state index contributed by atoms with van der Waals surface area (Å²) in [7, 11) is 0. The maximum atomic E-state index is 11.9. The van der Waals surface area contributed by atoms with Gasteiger partial charge >= 0.3 is 0 Å². The molecule has 1 amide bonds. The zero-order valence-electron chi connectivity index (χ0n) is 11.3. The van der Waals surface area contributed by atoms with Crippen LogP contribution in [0.4, 0.5) is 5.69 Å². The third-order valence-electron chi connectivity index (χ3n) is 4.10. The van der Waals surface area contributed by atoms with E-state index in [1.54, 1.807) is 6.21 Å². The molecule has 1 saturated carbocycles. The number of rotatable bonds is 4. The Morgan fingerprint density at radius 3 is 2.62 bits per heavy atom. The van der Waals surface area contributed by atoms with E-state index < -0.39 is 4.92 Å². The molecule has 2 aliphatic rings. The van der Waals surface area contributed by atoms with Crippen molar-refractivity contribution in [2.75, 3.05) is 0 Å². The van der Waals surface area contributed by atoms with Crippen molar-refractivity contribution in [2.45, 2.75) is 12.8 Å². The number of carbonyl (C=O) groups excluding carboxylic acids is 1. The summed E-state index contributed by atoms with van der Waals surface area (Å²) in [6.45, 7) is 0. The molecule has 3 unspecified atom stereocenters. The molecule has 2 bridgehead atoms. The standard InChI is InChI=1S/C15H15N3O3/c19-15(11-3-5-14(6-4-11)18(20)21)17-16-9-13-8-10-1-2-12(13)7-10/h1-6,9-10,12-13H,7-8H2,(H,17,19)/b16-9+. The predicted octanol–water partition coefficient (Wildman–Crippen LogP) is 2.52. The molecule has 3 atom stereocenters. The van der Waals surface area contributed by atoms with Gasteiger partial charge in [0.05, 0.1) is 4.92 Å². The highest BCUT2D eigenvalue weighted by atomic mass is 16.6. The van der Waals surface area contributed by atoms with Crippen LogP contribution in [0, 0.1) is 27.9 Å². The molecule has 2 aliphatic carbocycles. The number of nitro groups is 1. The van der Waals surface area contributed by atoms with Crippen molar-refractivity contribution in [2.24, 2.45) is 22.9 Å². The van der Waals surface area contributed by atoms with E-state index in [2.05, 4.69) is 22.7 Å². The summed E-state index contributed by atoms with van der Waals surface area (Å²) < 4.78 is 0. The van der Waals surface area contributed by atoms with Crippen molar-refractivity contribution >= 4 is 17.8 Å². The van der Waals surface area contributed by atoms with Crippen molar-refractivity contribution in [3.05, 3.63) is 52.1 Å². The molecule has 0 heterocycles. The highest BCUT2D eigenvalue weighted by molar-refractivity contribution is 5.94. The minimum absolute atomic E-state index is 0.0381. The minimum Gasteiger partial charge on any atom is -0.267 e. The predicted molar refractivity (Wildman–Crippen MR) is 77.9 cm³/mol. The fourth-order valence-corrected chi connectivity index (χ4v) is 2.99. The first-order valence-corrected chi connectivity index (χ1v) is 6.90. The number of fused-ring (bicyclic) bond motifs is 2. The molecule has 0 spiro atoms. The second kappa shape index (κ2) is 5.47. The Morgan fingerprint density at radius 2 is 2.05 bits per heavy atom. The number of hydrogen-bond acceptors (Lipinski definition) is 4. The molecular weight excluding hydrogens is 270 g/mol. The molecule has 6 heteroatoms. The third-order valence-corrected chi connectivity index (χ3v) is 4.10. The SMILES string of the molecule is O=C(N/N=C/C1CC2C=CC1C2)c1ccc([N+](=O)[O-])cc1. The Bertz CT molecular complexity index is 622. The van der Waals surface area contributed by atoms with Gasteiger partial charge < -0.3 is 0 Å². The van der Waals surface area contributed by atoms with E-state index >= 15 is 0 Å². The molecule has 108 valence electrons. The lowest BCUT2D eigenvalue weighted by Gasteiger charge is -2.11. The smallest absolute Gasteiger partial charge is 0.267 e. The summed E-state index contributed by atoms with van der Waals surface area (Å²) in [4.78, 5) is 21.9. The highest BCUT2D eigenvalue weighted by Gasteiger charge is 2.34. The van der Waals surface area contributed by atoms with Gasteiger partial charge in [0.2, 0.25) is 0 Å². The summed E-state index contributed by atoms with van der Waals surface area (Å²) in [5.74, 6) is 1.25. The Balaban J connectivity index is 1.56. The van der Waals surface area contributed by atoms with Gasteiger partial charge in [-0.1, -0.05) is 12.2 Å². The fourth-order valence-electron chi connectivity index (χ4n) is 2.99. The number of non-ortho nitro benzene ring substituents is 1. The van der Waals surface area contributed by atoms with Crippen molar-refractivity contribution in [1.29, 1.82) is 0 Å². The molecule has 21 heavy (non-hydrogen) atoms. The molecule has 3 rings (SSSR count). The van der Waals surface area contributed by atoms with Gasteiger partial charge in [0.15, 0.2) is 0 Å². The summed E-state index contributed by atoms with van der Waals surface area (Å²) in [5, 5.41) is 14.6. The lowest BCUT2D eigenvalue weighted by atomic mass is 9.95. The lowest BCUT2D eigenvalue weighted by molar-refractivity contribution is -0.384. The normalized spacial score (nSPS) is 26.4. The van der Waals surface area contributed by atoms with E-state index in [1.807, 2.05) is 0 Å². The van der Waals surface area contributed by atoms with E-state index in [0.29, 0.717) is 23.3 Å². The minimum atomic E-state index is -0.498. The van der Waals surface area contributed by atoms with Gasteiger partial charge in [-0.3, -0.25) is 14.9 Å². The van der Waals surface area contributed by atoms with Crippen LogP contribution in [-0.2, 0) is 0 Å². The topological polar surface area (TPSA) is 84.6 Å². The van der Waals surface area contributed by atoms with Crippen LogP contribution in [0.2, 0.25) is 0 Å². The number of nitrogens with zero attached hydrogens (tertiary/aromatic N) is 2. The second-order valence-corrected chi connectivity index (χ2v) is 5.47. The van der Waals surface area contributed by atoms with E-state index in [4.69, 9.17) is 0 Å². The molecule has 1 fully saturated rings. The van der Waals surface area contributed by atoms with Gasteiger partial charge in [0.25, 0.3) is 11.6 Å². The molecule has 0 saturated heterocycles. The summed E-state index contributed by atoms with van der Waals surface area (Å²) in [6, 6.07) is 5.45. The number of amides is 1. The second-order valence-electron chi connectivity index (χ2n) is 5.47. The lowest BCUT2D eigenvalue weighted by Crippen LogP contribution is -2.19. The van der Waals surface area contributed by atoms with Gasteiger partial charge in [-0.05, 0) is 36.8 Å². The Morgan fingerprint density at radius 1 is 1.29 bits per heavy atom. The molecule has 1 N–H and O–H groups in total. The molecule has 1 aromatic rings. The molecule has 0 aromatic heterocycles. The summed E-state index contributed by atoms with van der Waals surface area (Å²) >= 11 is 0. The van der Waals surface area contributed by atoms with Crippen LogP contribution >= 0.6 is 0 Å². The molecule has 0 aliphatic heterocycles. The van der Waals surface area contributed by atoms with Crippen LogP contribution in [-0.4, -0.2) is 17.0 Å². The van der Waals surface area contributed by atoms with E-state index in [-0.39, 0.29) is 11.6 Å². The highest BCUT2D eigenvalue weighted by Crippen LogP contribution is 2.42. The zero-order valence-corrected chi connectivity index (χ0v) is 11.3. The number of benzene rings is 1. The van der Waals surface area contributed by atoms with Gasteiger partial charge in [-0.2, -0.15) is 5.10 Å². The van der Waals surface area contributed by atoms with E-state index in [0.717, 1.165) is 6.42 Å². The molecule has 1 aromatic carbocycles. The summed E-state index contributed by atoms with van der Waals surface area (Å²) in [5.41, 5.74) is 2.78. The van der Waals surface area contributed by atoms with E-state index in [1.165, 1.54) is 30.7 Å². The maximum Gasteiger partial charge on any atom is 0.271 e. The van der Waals surface area contributed by atoms with Gasteiger partial charge in [0, 0.05) is 29.8 Å². The van der Waals surface area contributed by atoms with Crippen LogP contribution in [0.1, 0.15) is 23.2 Å². The first kappa shape index (κ1) is 13.5. The first-order chi connectivity index (χ1) is 10.1. The average Bonchev–Trinajstić information content (AvgIpc) is 3.10. The maximum absolute atomic E-state index is 11.9. The first-order valence-electron chi connectivity index (χ1n) is 6.90. The number of nitro benzene ring substituents is 1. The monoisotopic (exact) mass is 285 g/mol. The van der Waals surface area contributed by atoms with Gasteiger partial charge in [-0.15, -0.1) is 0 Å². The Kier molecular flexibility index (Phi) is 3.51. The van der Waals surface area contributed by atoms with Crippen LogP contribution in [0.5, 0.6) is 0 Å². The third kappa shape index (κ3) is 2.84. The average molecular weight is 285 g/mol. The van der Waals surface area contributed by atoms with Crippen molar-refractivity contribution in [1.82, 2.24) is 5.43 Å². The molecular formula is C15H15N3O3. The molecule has 0 radical (unpaired) electrons. The van der Waals surface area contributed by atoms with Crippen molar-refractivity contribution in [3.63, 3.8) is 0 Å². The van der Waals surface area contributed by atoms with Gasteiger partial charge in [0.1, 0.15) is 0 Å². The zero-order chi connectivity index (χ0) is 14.8. The largest absolute Gasteiger partial charge is 0.271 e. The Hall–Kier alpha value is -2.50. The van der Waals surface area contributed by atoms with Crippen LogP contribution in [0.15, 0.2) is 41.5 Å². The van der Waals surface area contributed by atoms with E-state index in [9.17, 15) is 14.9 Å². The van der Waals surface area contributed by atoms with Crippen molar-refractivity contribution in [3.8, 4) is 0 Å². The quantitative estimate of drug-likeness (QED) is 0.399. The molecule has 6 nitrogen and oxygen atoms in total. The number of allylic oxidation sites excluding steroid dienone is 2. The fraction of sp³-hybridized carbons (Fsp3) is 0.333. The van der Waals surface area contributed by atoms with Gasteiger partial charge in [-0.25, -0.2) is 5.43 Å². The van der Waals surface area contributed by atoms with Crippen molar-refractivity contribution < 1.29 is 9.72 Å². The van der Waals surface area contributed by atoms with Crippen LogP contribution in [0.25, 0.3) is 0 Å². The number of hydrogen-bond donors (Lipinski definition) is 1. The van der Waals surface area contributed by atoms with Crippen LogP contribution in [0.3, 0.4) is 0 Å². The number of carbonyl (C=O) groups is 1. The number of nitrogens with one attached hydrogen (secondary N) is 1.